The zero-order valence-corrected chi connectivity index (χ0v) is 9.30. The molecule has 0 aliphatic carbocycles. The molecule has 0 aromatic carbocycles. The predicted molar refractivity (Wildman–Crippen MR) is 62.1 cm³/mol. The van der Waals surface area contributed by atoms with E-state index in [1.807, 2.05) is 16.8 Å². The molecule has 84 valence electrons. The van der Waals surface area contributed by atoms with Gasteiger partial charge in [-0.15, -0.1) is 0 Å². The number of aryl methyl sites for hydroxylation is 1. The van der Waals surface area contributed by atoms with E-state index < -0.39 is 0 Å². The van der Waals surface area contributed by atoms with Crippen LogP contribution in [0.5, 0.6) is 0 Å². The maximum atomic E-state index is 4.16. The first kappa shape index (κ1) is 10.6. The van der Waals surface area contributed by atoms with E-state index >= 15 is 0 Å². The lowest BCUT2D eigenvalue weighted by atomic mass is 10.3. The van der Waals surface area contributed by atoms with Crippen LogP contribution in [0.25, 0.3) is 0 Å². The summed E-state index contributed by atoms with van der Waals surface area (Å²) < 4.78 is 2.02. The fourth-order valence-corrected chi connectivity index (χ4v) is 1.42. The predicted octanol–water partition coefficient (Wildman–Crippen LogP) is 1.35. The second-order valence-electron chi connectivity index (χ2n) is 3.48. The first-order valence-corrected chi connectivity index (χ1v) is 5.39. The summed E-state index contributed by atoms with van der Waals surface area (Å²) in [7, 11) is 0. The zero-order valence-electron chi connectivity index (χ0n) is 9.30. The van der Waals surface area contributed by atoms with Crippen molar-refractivity contribution in [3.63, 3.8) is 0 Å². The van der Waals surface area contributed by atoms with Gasteiger partial charge in [0.15, 0.2) is 0 Å². The van der Waals surface area contributed by atoms with Gasteiger partial charge in [0.1, 0.15) is 12.1 Å². The average Bonchev–Trinajstić information content (AvgIpc) is 2.82. The summed E-state index contributed by atoms with van der Waals surface area (Å²) in [6, 6.07) is 1.98. The molecule has 5 heteroatoms. The van der Waals surface area contributed by atoms with Crippen LogP contribution in [0, 0.1) is 0 Å². The van der Waals surface area contributed by atoms with Crippen LogP contribution in [0.2, 0.25) is 0 Å². The lowest BCUT2D eigenvalue weighted by Gasteiger charge is -2.06. The van der Waals surface area contributed by atoms with Crippen LogP contribution in [0.3, 0.4) is 0 Å². The largest absolute Gasteiger partial charge is 0.368 e. The van der Waals surface area contributed by atoms with Crippen molar-refractivity contribution in [1.29, 1.82) is 0 Å². The first-order valence-electron chi connectivity index (χ1n) is 5.39. The molecule has 2 rings (SSSR count). The molecule has 16 heavy (non-hydrogen) atoms. The summed E-state index contributed by atoms with van der Waals surface area (Å²) in [5, 5.41) is 3.26. The molecule has 0 amide bonds. The normalized spacial score (nSPS) is 10.3. The fraction of sp³-hybridized carbons (Fsp3) is 0.364. The Kier molecular flexibility index (Phi) is 3.48. The number of nitrogens with one attached hydrogen (secondary N) is 1. The summed E-state index contributed by atoms with van der Waals surface area (Å²) >= 11 is 0. The maximum absolute atomic E-state index is 4.16. The molecule has 0 radical (unpaired) electrons. The van der Waals surface area contributed by atoms with Gasteiger partial charge in [0.25, 0.3) is 0 Å². The third kappa shape index (κ3) is 2.79. The molecule has 5 nitrogen and oxygen atoms in total. The third-order valence-electron chi connectivity index (χ3n) is 2.32. The molecule has 0 saturated heterocycles. The van der Waals surface area contributed by atoms with Gasteiger partial charge in [0, 0.05) is 37.2 Å². The minimum atomic E-state index is 0.830. The Labute approximate surface area is 94.6 Å². The number of hydrogen-bond acceptors (Lipinski definition) is 4. The van der Waals surface area contributed by atoms with Gasteiger partial charge < -0.3 is 9.88 Å². The minimum absolute atomic E-state index is 0.830. The van der Waals surface area contributed by atoms with Crippen LogP contribution < -0.4 is 5.32 Å². The Balaban J connectivity index is 1.85. The van der Waals surface area contributed by atoms with E-state index in [9.17, 15) is 0 Å². The highest BCUT2D eigenvalue weighted by Crippen LogP contribution is 2.03. The molecule has 2 aromatic heterocycles. The first-order chi connectivity index (χ1) is 7.88. The van der Waals surface area contributed by atoms with Crippen LogP contribution >= 0.6 is 0 Å². The standard InChI is InChI=1S/C11H15N5/c1-2-10-7-11(15-8-14-10)13-4-6-16-5-3-12-9-16/h3,5,7-9H,2,4,6H2,1H3,(H,13,14,15). The second-order valence-corrected chi connectivity index (χ2v) is 3.48. The molecule has 0 spiro atoms. The van der Waals surface area contributed by atoms with Crippen molar-refractivity contribution < 1.29 is 0 Å². The minimum Gasteiger partial charge on any atom is -0.368 e. The number of hydrogen-bond donors (Lipinski definition) is 1. The Morgan fingerprint density at radius 2 is 2.31 bits per heavy atom. The van der Waals surface area contributed by atoms with Crippen molar-refractivity contribution in [1.82, 2.24) is 19.5 Å². The lowest BCUT2D eigenvalue weighted by molar-refractivity contribution is 0.725. The number of nitrogens with zero attached hydrogens (tertiary/aromatic N) is 4. The van der Waals surface area contributed by atoms with Gasteiger partial charge in [-0.2, -0.15) is 0 Å². The fourth-order valence-electron chi connectivity index (χ4n) is 1.42. The van der Waals surface area contributed by atoms with E-state index in [0.717, 1.165) is 31.0 Å². The van der Waals surface area contributed by atoms with Crippen molar-refractivity contribution in [2.24, 2.45) is 0 Å². The molecule has 0 saturated carbocycles. The van der Waals surface area contributed by atoms with Gasteiger partial charge in [-0.1, -0.05) is 6.92 Å². The topological polar surface area (TPSA) is 55.6 Å². The smallest absolute Gasteiger partial charge is 0.129 e. The summed E-state index contributed by atoms with van der Waals surface area (Å²) in [6.07, 6.45) is 8.05. The molecule has 0 atom stereocenters. The van der Waals surface area contributed by atoms with Crippen molar-refractivity contribution in [2.75, 3.05) is 11.9 Å². The molecule has 2 heterocycles. The Morgan fingerprint density at radius 3 is 3.06 bits per heavy atom. The van der Waals surface area contributed by atoms with Crippen LogP contribution in [-0.2, 0) is 13.0 Å². The van der Waals surface area contributed by atoms with Crippen LogP contribution in [0.1, 0.15) is 12.6 Å². The highest BCUT2D eigenvalue weighted by atomic mass is 15.1. The van der Waals surface area contributed by atoms with E-state index in [0.29, 0.717) is 0 Å². The van der Waals surface area contributed by atoms with E-state index in [1.54, 1.807) is 18.9 Å². The molecule has 0 bridgehead atoms. The van der Waals surface area contributed by atoms with Crippen molar-refractivity contribution >= 4 is 5.82 Å². The molecular formula is C11H15N5. The van der Waals surface area contributed by atoms with Crippen LogP contribution in [0.4, 0.5) is 5.82 Å². The maximum Gasteiger partial charge on any atom is 0.129 e. The van der Waals surface area contributed by atoms with Gasteiger partial charge in [0.2, 0.25) is 0 Å². The number of rotatable bonds is 5. The highest BCUT2D eigenvalue weighted by Gasteiger charge is 1.96. The van der Waals surface area contributed by atoms with Crippen molar-refractivity contribution in [3.05, 3.63) is 36.8 Å². The summed E-state index contributed by atoms with van der Waals surface area (Å²) in [4.78, 5) is 12.3. The van der Waals surface area contributed by atoms with Gasteiger partial charge >= 0.3 is 0 Å². The number of aromatic nitrogens is 4. The molecule has 2 aromatic rings. The highest BCUT2D eigenvalue weighted by molar-refractivity contribution is 5.34. The van der Waals surface area contributed by atoms with Gasteiger partial charge in [-0.3, -0.25) is 0 Å². The van der Waals surface area contributed by atoms with E-state index in [4.69, 9.17) is 0 Å². The molecule has 0 aliphatic heterocycles. The van der Waals surface area contributed by atoms with Gasteiger partial charge in [0.05, 0.1) is 6.33 Å². The number of imidazole rings is 1. The van der Waals surface area contributed by atoms with Gasteiger partial charge in [-0.25, -0.2) is 15.0 Å². The molecule has 0 unspecified atom stereocenters. The molecular weight excluding hydrogens is 202 g/mol. The molecule has 0 aliphatic rings. The molecule has 1 N–H and O–H groups in total. The summed E-state index contributed by atoms with van der Waals surface area (Å²) in [5.74, 6) is 0.881. The van der Waals surface area contributed by atoms with Crippen LogP contribution in [-0.4, -0.2) is 26.1 Å². The zero-order chi connectivity index (χ0) is 11.2. The molecule has 0 fully saturated rings. The van der Waals surface area contributed by atoms with E-state index in [2.05, 4.69) is 27.2 Å². The Bertz CT molecular complexity index is 424. The van der Waals surface area contributed by atoms with E-state index in [-0.39, 0.29) is 0 Å². The lowest BCUT2D eigenvalue weighted by Crippen LogP contribution is -2.10. The van der Waals surface area contributed by atoms with Crippen molar-refractivity contribution in [2.45, 2.75) is 19.9 Å². The Morgan fingerprint density at radius 1 is 1.38 bits per heavy atom. The van der Waals surface area contributed by atoms with Gasteiger partial charge in [-0.05, 0) is 6.42 Å². The van der Waals surface area contributed by atoms with Crippen molar-refractivity contribution in [3.8, 4) is 0 Å². The van der Waals surface area contributed by atoms with E-state index in [1.165, 1.54) is 0 Å². The monoisotopic (exact) mass is 217 g/mol. The van der Waals surface area contributed by atoms with Crippen LogP contribution in [0.15, 0.2) is 31.1 Å². The second kappa shape index (κ2) is 5.25. The summed E-state index contributed by atoms with van der Waals surface area (Å²) in [5.41, 5.74) is 1.06. The Hall–Kier alpha value is -1.91. The quantitative estimate of drug-likeness (QED) is 0.821. The number of anilines is 1. The third-order valence-corrected chi connectivity index (χ3v) is 2.32. The summed E-state index contributed by atoms with van der Waals surface area (Å²) in [6.45, 7) is 3.79. The average molecular weight is 217 g/mol. The SMILES string of the molecule is CCc1cc(NCCn2ccnc2)ncn1.